The Hall–Kier alpha value is -2.40. The van der Waals surface area contributed by atoms with E-state index in [0.717, 1.165) is 12.0 Å². The van der Waals surface area contributed by atoms with E-state index in [1.807, 2.05) is 39.0 Å². The van der Waals surface area contributed by atoms with Gasteiger partial charge in [0.2, 0.25) is 0 Å². The molecule has 6 heterocycles. The highest BCUT2D eigenvalue weighted by Crippen LogP contribution is 2.47. The van der Waals surface area contributed by atoms with Gasteiger partial charge in [-0.05, 0) is 62.8 Å². The van der Waals surface area contributed by atoms with E-state index in [4.69, 9.17) is 56.7 Å². The number of carbonyl (C=O) groups excluding carboxylic acids is 1. The van der Waals surface area contributed by atoms with Gasteiger partial charge in [0.1, 0.15) is 42.0 Å². The molecule has 0 amide bonds. The number of carbonyl (C=O) groups is 1. The highest BCUT2D eigenvalue weighted by atomic mass is 32.2. The average molecular weight is 952 g/mol. The first kappa shape index (κ1) is 51.5. The molecule has 0 aromatic carbocycles. The number of allylic oxidation sites excluding steroid dienone is 2. The molecule has 4 saturated heterocycles. The first-order valence-electron chi connectivity index (χ1n) is 23.6. The first-order valence-corrected chi connectivity index (χ1v) is 25.0. The Labute approximate surface area is 390 Å². The van der Waals surface area contributed by atoms with Crippen molar-refractivity contribution in [1.82, 2.24) is 0 Å². The van der Waals surface area contributed by atoms with Crippen molar-refractivity contribution in [3.8, 4) is 0 Å². The summed E-state index contributed by atoms with van der Waals surface area (Å²) in [4.78, 5) is 14.4. The molecule has 4 fully saturated rings. The molecule has 18 heteroatoms. The Morgan fingerprint density at radius 2 is 1.58 bits per heavy atom. The quantitative estimate of drug-likeness (QED) is 0.201. The summed E-state index contributed by atoms with van der Waals surface area (Å²) in [5, 5.41) is 28.9. The number of aliphatic hydroxyl groups is 2. The van der Waals surface area contributed by atoms with Crippen LogP contribution in [0.1, 0.15) is 93.9 Å². The van der Waals surface area contributed by atoms with Crippen LogP contribution < -0.4 is 5.14 Å². The van der Waals surface area contributed by atoms with Gasteiger partial charge in [-0.25, -0.2) is 9.32 Å². The van der Waals surface area contributed by atoms with Crippen molar-refractivity contribution in [3.05, 3.63) is 59.3 Å². The number of esters is 1. The molecule has 2 bridgehead atoms. The fraction of sp³-hybridized carbons (Fsp3) is 0.771. The van der Waals surface area contributed by atoms with Crippen LogP contribution in [0.2, 0.25) is 0 Å². The summed E-state index contributed by atoms with van der Waals surface area (Å²) in [7, 11) is -1.21. The van der Waals surface area contributed by atoms with Gasteiger partial charge in [0.25, 0.3) is 0 Å². The zero-order valence-electron chi connectivity index (χ0n) is 40.0. The second-order valence-corrected chi connectivity index (χ2v) is 20.7. The Morgan fingerprint density at radius 1 is 0.909 bits per heavy atom. The molecule has 7 aliphatic rings. The van der Waals surface area contributed by atoms with Crippen molar-refractivity contribution in [2.75, 3.05) is 20.8 Å². The van der Waals surface area contributed by atoms with Crippen molar-refractivity contribution in [2.45, 2.75) is 191 Å². The van der Waals surface area contributed by atoms with Crippen molar-refractivity contribution in [1.29, 1.82) is 0 Å². The molecule has 4 N–H and O–H groups in total. The average Bonchev–Trinajstić information content (AvgIpc) is 3.60. The molecule has 1 spiro atoms. The summed E-state index contributed by atoms with van der Waals surface area (Å²) in [6.45, 7) is 15.8. The molecule has 0 aromatic rings. The number of nitrogens with two attached hydrogens (primary N) is 1. The van der Waals surface area contributed by atoms with Crippen molar-refractivity contribution in [3.63, 3.8) is 0 Å². The van der Waals surface area contributed by atoms with E-state index in [0.29, 0.717) is 30.4 Å². The zero-order chi connectivity index (χ0) is 47.9. The predicted molar refractivity (Wildman–Crippen MR) is 239 cm³/mol. The third kappa shape index (κ3) is 11.0. The van der Waals surface area contributed by atoms with E-state index in [-0.39, 0.29) is 43.3 Å². The van der Waals surface area contributed by atoms with E-state index in [1.165, 1.54) is 7.11 Å². The first-order chi connectivity index (χ1) is 31.2. The molecule has 1 aliphatic carbocycles. The molecule has 0 saturated carbocycles. The minimum absolute atomic E-state index is 0.00727. The maximum Gasteiger partial charge on any atom is 0.333 e. The van der Waals surface area contributed by atoms with E-state index in [9.17, 15) is 23.4 Å². The second kappa shape index (κ2) is 20.9. The number of ether oxygens (including phenoxy) is 10. The second-order valence-electron chi connectivity index (χ2n) is 19.5. The smallest absolute Gasteiger partial charge is 0.333 e. The molecule has 6 aliphatic heterocycles. The van der Waals surface area contributed by atoms with Crippen molar-refractivity contribution >= 4 is 16.3 Å². The molecule has 0 radical (unpaired) electrons. The largest absolute Gasteiger partial charge is 0.462 e. The Balaban J connectivity index is 1.16. The molecule has 17 nitrogen and oxygen atoms in total. The van der Waals surface area contributed by atoms with Crippen LogP contribution in [0.3, 0.4) is 0 Å². The molecule has 7 rings (SSSR count). The normalized spacial score (nSPS) is 47.1. The fourth-order valence-electron chi connectivity index (χ4n) is 10.8. The summed E-state index contributed by atoms with van der Waals surface area (Å²) >= 11 is 0. The number of fused-ring (bicyclic) bond motifs is 2. The Kier molecular flexibility index (Phi) is 16.3. The van der Waals surface area contributed by atoms with Gasteiger partial charge in [0.05, 0.1) is 49.3 Å². The highest BCUT2D eigenvalue weighted by molar-refractivity contribution is 7.84. The third-order valence-corrected chi connectivity index (χ3v) is 15.2. The van der Waals surface area contributed by atoms with Crippen LogP contribution in [0, 0.1) is 23.7 Å². The topological polar surface area (TPSA) is 219 Å². The van der Waals surface area contributed by atoms with Gasteiger partial charge in [-0.1, -0.05) is 70.6 Å². The van der Waals surface area contributed by atoms with Crippen LogP contribution >= 0.6 is 0 Å². The van der Waals surface area contributed by atoms with E-state index < -0.39 is 113 Å². The predicted octanol–water partition coefficient (Wildman–Crippen LogP) is 4.61. The van der Waals surface area contributed by atoms with Gasteiger partial charge in [0.15, 0.2) is 18.4 Å². The minimum atomic E-state index is -4.26. The molecule has 372 valence electrons. The molecule has 0 aromatic heterocycles. The number of aliphatic hydroxyl groups excluding tert-OH is 1. The van der Waals surface area contributed by atoms with Crippen LogP contribution in [0.15, 0.2) is 59.3 Å². The van der Waals surface area contributed by atoms with Crippen LogP contribution in [-0.4, -0.2) is 143 Å². The van der Waals surface area contributed by atoms with Crippen LogP contribution in [0.4, 0.5) is 0 Å². The maximum atomic E-state index is 14.4. The number of methoxy groups -OCH3 is 2. The summed E-state index contributed by atoms with van der Waals surface area (Å²) in [5.74, 6) is -2.72. The van der Waals surface area contributed by atoms with Crippen LogP contribution in [0.25, 0.3) is 0 Å². The lowest BCUT2D eigenvalue weighted by Crippen LogP contribution is -2.58. The van der Waals surface area contributed by atoms with Gasteiger partial charge in [-0.2, -0.15) is 8.42 Å². The fourth-order valence-corrected chi connectivity index (χ4v) is 11.4. The lowest BCUT2D eigenvalue weighted by Gasteiger charge is -2.48. The van der Waals surface area contributed by atoms with E-state index in [1.54, 1.807) is 33.1 Å². The summed E-state index contributed by atoms with van der Waals surface area (Å²) < 4.78 is 92.4. The van der Waals surface area contributed by atoms with Gasteiger partial charge in [0, 0.05) is 51.7 Å². The minimum Gasteiger partial charge on any atom is -0.462 e. The van der Waals surface area contributed by atoms with Gasteiger partial charge < -0.3 is 57.6 Å². The number of hydrogen-bond donors (Lipinski definition) is 3. The highest BCUT2D eigenvalue weighted by Gasteiger charge is 2.60. The van der Waals surface area contributed by atoms with Crippen LogP contribution in [0.5, 0.6) is 0 Å². The molecular weight excluding hydrogens is 879 g/mol. The molecule has 66 heavy (non-hydrogen) atoms. The lowest BCUT2D eigenvalue weighted by molar-refractivity contribution is -0.317. The monoisotopic (exact) mass is 951 g/mol. The molecule has 20 atom stereocenters. The maximum absolute atomic E-state index is 14.4. The number of rotatable bonds is 10. The SMILES string of the molecule is CCC(C)[C@H]1O[C@]2(C=C[C@@H]1C)C[C@@H]1C[C@@H](C/C=C(\C)[C@@H](O[C@H]3C[C@H](OC)[C@@H](O[C@H]4C[C@H](OC)[C@@H](OS(N)(=O)=O)[C@H](C)O4)[C@H](C)O3)[C@@H](C)/C=C/C=C3\CO[C@@H]4[C@H](O)C(C)=C[C@@H](C(=O)O1)[C@]34O)O2. The van der Waals surface area contributed by atoms with Crippen molar-refractivity contribution < 1.29 is 75.0 Å². The Morgan fingerprint density at radius 3 is 2.24 bits per heavy atom. The standard InChI is InChI=1S/C48H73NO16S/c1-11-25(2)42-28(5)17-18-47(64-42)23-34-20-33(63-47)16-15-27(4)41(26(3)13-12-14-32-24-57-45-40(50)29(6)19-35(46(51)60-34)48(32,45)52)61-38-21-36(55-9)43(30(7)58-38)62-39-22-37(56-10)44(31(8)59-39)65-66(49,53)54/h12-15,17-19,25-26,28,30-31,33-45,50,52H,11,16,20-24H2,1-10H3,(H2,49,53,54)/b13-12+,27-15+,32-14+/t25?,26-,28-,30-,31-,33+,34-,35-,36-,37-,38-,39-,40+,41-,42+,43-,44-,45+,47+,48+/m0/s1. The Bertz CT molecular complexity index is 1990. The summed E-state index contributed by atoms with van der Waals surface area (Å²) in [6.07, 6.45) is 6.58. The van der Waals surface area contributed by atoms with Crippen LogP contribution in [-0.2, 0) is 66.7 Å². The third-order valence-electron chi connectivity index (χ3n) is 14.7. The molecular formula is C48H73NO16S. The summed E-state index contributed by atoms with van der Waals surface area (Å²) in [6, 6.07) is 0. The van der Waals surface area contributed by atoms with Crippen molar-refractivity contribution in [2.24, 2.45) is 28.8 Å². The van der Waals surface area contributed by atoms with E-state index >= 15 is 0 Å². The summed E-state index contributed by atoms with van der Waals surface area (Å²) in [5.41, 5.74) is 0.0251. The molecule has 1 unspecified atom stereocenters. The number of hydrogen-bond acceptors (Lipinski definition) is 16. The van der Waals surface area contributed by atoms with E-state index in [2.05, 4.69) is 32.9 Å². The van der Waals surface area contributed by atoms with Gasteiger partial charge in [-0.15, -0.1) is 0 Å². The lowest BCUT2D eigenvalue weighted by atomic mass is 9.71. The van der Waals surface area contributed by atoms with Gasteiger partial charge in [-0.3, -0.25) is 4.79 Å². The van der Waals surface area contributed by atoms with Gasteiger partial charge >= 0.3 is 16.3 Å². The zero-order valence-corrected chi connectivity index (χ0v) is 40.8.